The topological polar surface area (TPSA) is 59.2 Å². The van der Waals surface area contributed by atoms with Gasteiger partial charge in [-0.2, -0.15) is 0 Å². The second-order valence-corrected chi connectivity index (χ2v) is 10.8. The normalized spacial score (nSPS) is 17.5. The maximum Gasteiger partial charge on any atom is 0.243 e. The average molecular weight is 490 g/mol. The van der Waals surface area contributed by atoms with Gasteiger partial charge in [-0.1, -0.05) is 48.3 Å². The molecule has 5 nitrogen and oxygen atoms in total. The molecule has 1 amide bonds. The molecule has 2 aromatic rings. The number of amides is 1. The van der Waals surface area contributed by atoms with E-state index in [1.54, 1.807) is 0 Å². The van der Waals surface area contributed by atoms with Crippen molar-refractivity contribution >= 4 is 33.1 Å². The summed E-state index contributed by atoms with van der Waals surface area (Å²) in [6.07, 6.45) is 4.22. The van der Waals surface area contributed by atoms with E-state index in [-0.39, 0.29) is 29.6 Å². The van der Waals surface area contributed by atoms with E-state index in [0.717, 1.165) is 35.8 Å². The number of benzene rings is 1. The monoisotopic (exact) mass is 489 g/mol. The molecule has 0 spiro atoms. The lowest BCUT2D eigenvalue weighted by Gasteiger charge is -2.51. The van der Waals surface area contributed by atoms with Crippen LogP contribution in [0.5, 0.6) is 0 Å². The summed E-state index contributed by atoms with van der Waals surface area (Å²) in [5.41, 5.74) is 3.31. The first-order chi connectivity index (χ1) is 14.7. The van der Waals surface area contributed by atoms with Crippen LogP contribution in [0.15, 0.2) is 38.7 Å². The van der Waals surface area contributed by atoms with Crippen LogP contribution < -0.4 is 4.90 Å². The van der Waals surface area contributed by atoms with E-state index >= 15 is 0 Å². The summed E-state index contributed by atoms with van der Waals surface area (Å²) in [7, 11) is 0. The van der Waals surface area contributed by atoms with Crippen LogP contribution in [0.3, 0.4) is 0 Å². The van der Waals surface area contributed by atoms with Crippen molar-refractivity contribution in [3.05, 3.63) is 46.1 Å². The van der Waals surface area contributed by atoms with Crippen molar-refractivity contribution in [2.24, 2.45) is 5.41 Å². The van der Waals surface area contributed by atoms with Crippen molar-refractivity contribution in [3.8, 4) is 0 Å². The number of carbonyl (C=O) groups is 1. The molecule has 0 N–H and O–H groups in total. The highest BCUT2D eigenvalue weighted by atomic mass is 79.9. The van der Waals surface area contributed by atoms with Crippen molar-refractivity contribution in [3.63, 3.8) is 0 Å². The average Bonchev–Trinajstić information content (AvgIpc) is 3.20. The third-order valence-electron chi connectivity index (χ3n) is 6.27. The molecule has 0 aliphatic heterocycles. The number of anilines is 1. The second kappa shape index (κ2) is 8.49. The lowest BCUT2D eigenvalue weighted by Crippen LogP contribution is -2.48. The number of nitrogens with zero attached hydrogens (tertiary/aromatic N) is 3. The fourth-order valence-corrected chi connectivity index (χ4v) is 4.95. The molecule has 0 unspecified atom stereocenters. The summed E-state index contributed by atoms with van der Waals surface area (Å²) in [5.74, 6) is 1.29. The quantitative estimate of drug-likeness (QED) is 0.461. The Morgan fingerprint density at radius 1 is 1.29 bits per heavy atom. The van der Waals surface area contributed by atoms with Crippen molar-refractivity contribution < 1.29 is 13.6 Å². The molecule has 1 aromatic carbocycles. The van der Waals surface area contributed by atoms with Crippen LogP contribution >= 0.6 is 15.9 Å². The van der Waals surface area contributed by atoms with E-state index in [9.17, 15) is 9.18 Å². The SMILES string of the molecule is CC(C)(C)c1nnc(C2=C3CC(CN(C(=O)CCCF)c4cccc(Br)c4)(CC2)C3)o1. The summed E-state index contributed by atoms with van der Waals surface area (Å²) < 4.78 is 19.6. The molecule has 0 atom stereocenters. The number of halogens is 2. The molecule has 1 saturated carbocycles. The first kappa shape index (κ1) is 22.2. The van der Waals surface area contributed by atoms with E-state index in [1.165, 1.54) is 11.1 Å². The summed E-state index contributed by atoms with van der Waals surface area (Å²) in [6, 6.07) is 7.78. The van der Waals surface area contributed by atoms with Gasteiger partial charge in [-0.3, -0.25) is 9.18 Å². The minimum Gasteiger partial charge on any atom is -0.420 e. The summed E-state index contributed by atoms with van der Waals surface area (Å²) in [5, 5.41) is 8.55. The van der Waals surface area contributed by atoms with E-state index in [4.69, 9.17) is 4.42 Å². The Morgan fingerprint density at radius 3 is 2.65 bits per heavy atom. The smallest absolute Gasteiger partial charge is 0.243 e. The Hall–Kier alpha value is -2.02. The molecule has 1 fully saturated rings. The zero-order valence-corrected chi connectivity index (χ0v) is 20.0. The van der Waals surface area contributed by atoms with Gasteiger partial charge in [0.25, 0.3) is 0 Å². The summed E-state index contributed by atoms with van der Waals surface area (Å²) in [6.45, 7) is 6.37. The van der Waals surface area contributed by atoms with Gasteiger partial charge in [0.15, 0.2) is 0 Å². The molecule has 7 heteroatoms. The Bertz CT molecular complexity index is 1000. The van der Waals surface area contributed by atoms with Gasteiger partial charge >= 0.3 is 0 Å². The highest BCUT2D eigenvalue weighted by molar-refractivity contribution is 9.10. The molecule has 166 valence electrons. The van der Waals surface area contributed by atoms with E-state index in [2.05, 4.69) is 46.9 Å². The lowest BCUT2D eigenvalue weighted by molar-refractivity contribution is -0.119. The van der Waals surface area contributed by atoms with Gasteiger partial charge in [0, 0.05) is 34.1 Å². The number of allylic oxidation sites excluding steroid dienone is 2. The number of fused-ring (bicyclic) bond motifs is 2. The Kier molecular flexibility index (Phi) is 6.08. The Morgan fingerprint density at radius 2 is 2.06 bits per heavy atom. The number of hydrogen-bond donors (Lipinski definition) is 0. The fraction of sp³-hybridized carbons (Fsp3) is 0.542. The van der Waals surface area contributed by atoms with Crippen LogP contribution in [0, 0.1) is 5.41 Å². The zero-order valence-electron chi connectivity index (χ0n) is 18.4. The van der Waals surface area contributed by atoms with Gasteiger partial charge in [-0.05, 0) is 55.7 Å². The van der Waals surface area contributed by atoms with Crippen LogP contribution in [0.25, 0.3) is 5.57 Å². The van der Waals surface area contributed by atoms with E-state index in [0.29, 0.717) is 18.3 Å². The number of rotatable bonds is 7. The third-order valence-corrected chi connectivity index (χ3v) is 6.77. The first-order valence-electron chi connectivity index (χ1n) is 10.9. The molecular weight excluding hydrogens is 461 g/mol. The van der Waals surface area contributed by atoms with Gasteiger partial charge in [-0.25, -0.2) is 0 Å². The maximum absolute atomic E-state index is 12.9. The molecule has 2 bridgehead atoms. The molecule has 0 radical (unpaired) electrons. The Balaban J connectivity index is 1.52. The number of hydrogen-bond acceptors (Lipinski definition) is 4. The van der Waals surface area contributed by atoms with Gasteiger partial charge in [-0.15, -0.1) is 10.2 Å². The summed E-state index contributed by atoms with van der Waals surface area (Å²) in [4.78, 5) is 14.8. The molecule has 3 aliphatic carbocycles. The van der Waals surface area contributed by atoms with Gasteiger partial charge in [0.05, 0.1) is 6.67 Å². The highest BCUT2D eigenvalue weighted by Gasteiger charge is 2.48. The highest BCUT2D eigenvalue weighted by Crippen LogP contribution is 2.57. The van der Waals surface area contributed by atoms with Gasteiger partial charge in [0.1, 0.15) is 0 Å². The zero-order chi connectivity index (χ0) is 22.2. The third kappa shape index (κ3) is 4.61. The largest absolute Gasteiger partial charge is 0.420 e. The molecule has 0 saturated heterocycles. The number of aromatic nitrogens is 2. The van der Waals surface area contributed by atoms with Crippen molar-refractivity contribution in [1.82, 2.24) is 10.2 Å². The van der Waals surface area contributed by atoms with Crippen molar-refractivity contribution in [1.29, 1.82) is 0 Å². The predicted molar refractivity (Wildman–Crippen MR) is 123 cm³/mol. The van der Waals surface area contributed by atoms with Crippen LogP contribution in [0.4, 0.5) is 10.1 Å². The van der Waals surface area contributed by atoms with Crippen LogP contribution in [0.1, 0.15) is 71.1 Å². The fourth-order valence-electron chi connectivity index (χ4n) is 4.56. The van der Waals surface area contributed by atoms with E-state index in [1.807, 2.05) is 29.2 Å². The second-order valence-electron chi connectivity index (χ2n) is 9.85. The number of carbonyl (C=O) groups excluding carboxylic acids is 1. The van der Waals surface area contributed by atoms with Gasteiger partial charge in [0.2, 0.25) is 17.7 Å². The van der Waals surface area contributed by atoms with Crippen molar-refractivity contribution in [2.45, 2.75) is 64.7 Å². The first-order valence-corrected chi connectivity index (χ1v) is 11.7. The molecule has 31 heavy (non-hydrogen) atoms. The molecule has 5 rings (SSSR count). The summed E-state index contributed by atoms with van der Waals surface area (Å²) >= 11 is 3.50. The van der Waals surface area contributed by atoms with Gasteiger partial charge < -0.3 is 9.32 Å². The maximum atomic E-state index is 12.9. The predicted octanol–water partition coefficient (Wildman–Crippen LogP) is 6.24. The van der Waals surface area contributed by atoms with Crippen molar-refractivity contribution in [2.75, 3.05) is 18.1 Å². The Labute approximate surface area is 191 Å². The molecule has 3 aliphatic rings. The van der Waals surface area contributed by atoms with Crippen LogP contribution in [0.2, 0.25) is 0 Å². The lowest BCUT2D eigenvalue weighted by atomic mass is 9.57. The standard InChI is InChI=1S/C24H29BrFN3O2/c1-23(2,3)22-28-27-21(31-22)19-9-10-24(13-16(19)14-24)15-29(20(30)8-5-11-26)18-7-4-6-17(25)12-18/h4,6-7,12H,5,8-11,13-15H2,1-3H3. The number of alkyl halides is 1. The molecule has 1 aromatic heterocycles. The van der Waals surface area contributed by atoms with Crippen LogP contribution in [-0.4, -0.2) is 29.3 Å². The van der Waals surface area contributed by atoms with Crippen LogP contribution in [-0.2, 0) is 10.2 Å². The molecule has 1 heterocycles. The van der Waals surface area contributed by atoms with E-state index < -0.39 is 6.67 Å². The minimum atomic E-state index is -0.472. The minimum absolute atomic E-state index is 0.0138. The molecular formula is C24H29BrFN3O2.